The highest BCUT2D eigenvalue weighted by Crippen LogP contribution is 2.52. The fraction of sp³-hybridized carbons (Fsp3) is 0.514. The van der Waals surface area contributed by atoms with Gasteiger partial charge in [0.2, 0.25) is 0 Å². The monoisotopic (exact) mass is 700 g/mol. The number of aromatic nitrogens is 1. The van der Waals surface area contributed by atoms with E-state index < -0.39 is 68.3 Å². The SMILES string of the molecule is CCCC(CCC)S(=O)(=O)C[C@@H](NC(=O)c1ccncc1)C(O)N(C[C@@H](O)[C@@H](N)Cc1cc(F)cc(F)c1)C1(c2cccc(CC)c2)CC1. The molecule has 1 amide bonds. The lowest BCUT2D eigenvalue weighted by Crippen LogP contribution is -2.60. The Balaban J connectivity index is 1.74. The van der Waals surface area contributed by atoms with Crippen molar-refractivity contribution in [3.05, 3.63) is 101 Å². The molecule has 0 aliphatic heterocycles. The largest absolute Gasteiger partial charge is 0.390 e. The van der Waals surface area contributed by atoms with E-state index in [1.807, 2.05) is 45.0 Å². The van der Waals surface area contributed by atoms with E-state index in [1.165, 1.54) is 24.5 Å². The minimum absolute atomic E-state index is 0.0512. The van der Waals surface area contributed by atoms with Crippen LogP contribution in [-0.4, -0.2) is 76.4 Å². The number of benzene rings is 2. The van der Waals surface area contributed by atoms with Crippen LogP contribution in [-0.2, 0) is 28.2 Å². The molecule has 12 heteroatoms. The second-order valence-electron chi connectivity index (χ2n) is 13.2. The fourth-order valence-electron chi connectivity index (χ4n) is 6.66. The van der Waals surface area contributed by atoms with Gasteiger partial charge >= 0.3 is 0 Å². The molecule has 5 N–H and O–H groups in total. The van der Waals surface area contributed by atoms with Crippen molar-refractivity contribution >= 4 is 15.7 Å². The quantitative estimate of drug-likeness (QED) is 0.132. The number of halogens is 2. The molecule has 3 aromatic rings. The van der Waals surface area contributed by atoms with Crippen LogP contribution in [0.15, 0.2) is 67.0 Å². The Hall–Kier alpha value is -3.29. The summed E-state index contributed by atoms with van der Waals surface area (Å²) in [5, 5.41) is 26.0. The summed E-state index contributed by atoms with van der Waals surface area (Å²) >= 11 is 0. The first-order chi connectivity index (χ1) is 23.3. The molecule has 1 unspecified atom stereocenters. The average molecular weight is 701 g/mol. The molecule has 0 bridgehead atoms. The Labute approximate surface area is 288 Å². The van der Waals surface area contributed by atoms with Gasteiger partial charge in [-0.25, -0.2) is 17.2 Å². The molecule has 1 aliphatic carbocycles. The van der Waals surface area contributed by atoms with Crippen LogP contribution in [0.4, 0.5) is 8.78 Å². The molecule has 1 aromatic heterocycles. The van der Waals surface area contributed by atoms with Gasteiger partial charge in [-0.2, -0.15) is 0 Å². The molecule has 4 rings (SSSR count). The molecule has 2 aromatic carbocycles. The molecular formula is C37H50F2N4O5S. The summed E-state index contributed by atoms with van der Waals surface area (Å²) in [6, 6.07) is 11.7. The molecule has 1 fully saturated rings. The van der Waals surface area contributed by atoms with E-state index in [1.54, 1.807) is 4.90 Å². The van der Waals surface area contributed by atoms with Crippen molar-refractivity contribution < 1.29 is 32.2 Å². The second-order valence-corrected chi connectivity index (χ2v) is 15.5. The van der Waals surface area contributed by atoms with Gasteiger partial charge in [-0.05, 0) is 79.5 Å². The number of aryl methyl sites for hydroxylation is 1. The summed E-state index contributed by atoms with van der Waals surface area (Å²) in [5.41, 5.74) is 8.09. The number of nitrogens with one attached hydrogen (secondary N) is 1. The van der Waals surface area contributed by atoms with E-state index in [2.05, 4.69) is 10.3 Å². The summed E-state index contributed by atoms with van der Waals surface area (Å²) < 4.78 is 55.8. The maximum atomic E-state index is 14.0. The zero-order chi connectivity index (χ0) is 35.8. The molecule has 4 atom stereocenters. The number of nitrogens with zero attached hydrogens (tertiary/aromatic N) is 2. The number of pyridine rings is 1. The summed E-state index contributed by atoms with van der Waals surface area (Å²) in [5.74, 6) is -2.63. The maximum absolute atomic E-state index is 14.0. The number of hydrogen-bond donors (Lipinski definition) is 4. The zero-order valence-electron chi connectivity index (χ0n) is 28.6. The Morgan fingerprint density at radius 1 is 0.980 bits per heavy atom. The predicted octanol–water partition coefficient (Wildman–Crippen LogP) is 4.64. The topological polar surface area (TPSA) is 146 Å². The lowest BCUT2D eigenvalue weighted by molar-refractivity contribution is -0.0763. The first-order valence-corrected chi connectivity index (χ1v) is 18.9. The van der Waals surface area contributed by atoms with E-state index in [0.29, 0.717) is 38.5 Å². The first kappa shape index (κ1) is 38.5. The molecule has 0 radical (unpaired) electrons. The van der Waals surface area contributed by atoms with Crippen LogP contribution in [0, 0.1) is 11.6 Å². The standard InChI is InChI=1S/C37H50F2N4O5S/c1-4-8-31(9-5-2)49(47,48)24-33(42-35(45)27-12-16-41-17-13-27)36(46)43(37(14-15-37)28-11-7-10-25(6-3)18-28)23-34(44)32(40)21-26-19-29(38)22-30(39)20-26/h7,10-13,16-20,22,31-34,36,44,46H,4-6,8-9,14-15,21,23-24,40H2,1-3H3,(H,42,45)/t32-,33+,34+,36?/m0/s1. The van der Waals surface area contributed by atoms with Gasteiger partial charge in [0, 0.05) is 42.1 Å². The van der Waals surface area contributed by atoms with E-state index in [-0.39, 0.29) is 24.1 Å². The summed E-state index contributed by atoms with van der Waals surface area (Å²) in [6.45, 7) is 5.66. The third kappa shape index (κ3) is 9.91. The Kier molecular flexibility index (Phi) is 13.4. The van der Waals surface area contributed by atoms with Crippen LogP contribution in [0.5, 0.6) is 0 Å². The van der Waals surface area contributed by atoms with Gasteiger partial charge in [0.25, 0.3) is 5.91 Å². The van der Waals surface area contributed by atoms with Crippen molar-refractivity contribution in [3.63, 3.8) is 0 Å². The van der Waals surface area contributed by atoms with Crippen LogP contribution in [0.3, 0.4) is 0 Å². The van der Waals surface area contributed by atoms with Crippen LogP contribution >= 0.6 is 0 Å². The van der Waals surface area contributed by atoms with Crippen molar-refractivity contribution in [3.8, 4) is 0 Å². The van der Waals surface area contributed by atoms with Gasteiger partial charge in [-0.15, -0.1) is 0 Å². The molecule has 1 heterocycles. The first-order valence-electron chi connectivity index (χ1n) is 17.2. The summed E-state index contributed by atoms with van der Waals surface area (Å²) in [4.78, 5) is 19.1. The van der Waals surface area contributed by atoms with Crippen LogP contribution < -0.4 is 11.1 Å². The van der Waals surface area contributed by atoms with Gasteiger partial charge in [0.05, 0.1) is 23.1 Å². The molecule has 1 saturated carbocycles. The van der Waals surface area contributed by atoms with Gasteiger partial charge in [0.1, 0.15) is 17.9 Å². The van der Waals surface area contributed by atoms with E-state index in [4.69, 9.17) is 5.73 Å². The van der Waals surface area contributed by atoms with Crippen molar-refractivity contribution in [2.45, 2.75) is 107 Å². The normalized spacial score (nSPS) is 16.7. The number of rotatable bonds is 19. The molecule has 9 nitrogen and oxygen atoms in total. The maximum Gasteiger partial charge on any atom is 0.251 e. The van der Waals surface area contributed by atoms with Crippen molar-refractivity contribution in [1.29, 1.82) is 0 Å². The Morgan fingerprint density at radius 3 is 2.18 bits per heavy atom. The third-order valence-corrected chi connectivity index (χ3v) is 11.8. The van der Waals surface area contributed by atoms with Crippen LogP contribution in [0.1, 0.15) is 86.3 Å². The van der Waals surface area contributed by atoms with E-state index in [0.717, 1.165) is 35.7 Å². The van der Waals surface area contributed by atoms with E-state index in [9.17, 15) is 32.2 Å². The molecule has 0 spiro atoms. The Morgan fingerprint density at radius 2 is 1.61 bits per heavy atom. The van der Waals surface area contributed by atoms with Gasteiger partial charge in [-0.1, -0.05) is 57.9 Å². The fourth-order valence-corrected chi connectivity index (χ4v) is 8.88. The number of hydrogen-bond acceptors (Lipinski definition) is 8. The molecular weight excluding hydrogens is 650 g/mol. The molecule has 49 heavy (non-hydrogen) atoms. The summed E-state index contributed by atoms with van der Waals surface area (Å²) in [6.07, 6.45) is 4.15. The van der Waals surface area contributed by atoms with Crippen molar-refractivity contribution in [2.75, 3.05) is 12.3 Å². The Bertz CT molecular complexity index is 1610. The highest BCUT2D eigenvalue weighted by Gasteiger charge is 2.54. The number of nitrogens with two attached hydrogens (primary N) is 1. The molecule has 1 aliphatic rings. The molecule has 268 valence electrons. The van der Waals surface area contributed by atoms with Gasteiger partial charge in [0.15, 0.2) is 9.84 Å². The number of carbonyl (C=O) groups excluding carboxylic acids is 1. The van der Waals surface area contributed by atoms with Crippen LogP contribution in [0.2, 0.25) is 0 Å². The van der Waals surface area contributed by atoms with E-state index >= 15 is 0 Å². The highest BCUT2D eigenvalue weighted by atomic mass is 32.2. The minimum atomic E-state index is -3.82. The number of aliphatic hydroxyl groups excluding tert-OH is 2. The van der Waals surface area contributed by atoms with Crippen LogP contribution in [0.25, 0.3) is 0 Å². The smallest absolute Gasteiger partial charge is 0.251 e. The van der Waals surface area contributed by atoms with Crippen molar-refractivity contribution in [2.24, 2.45) is 5.73 Å². The van der Waals surface area contributed by atoms with Gasteiger partial charge in [-0.3, -0.25) is 14.7 Å². The van der Waals surface area contributed by atoms with Gasteiger partial charge < -0.3 is 21.3 Å². The molecule has 0 saturated heterocycles. The predicted molar refractivity (Wildman–Crippen MR) is 186 cm³/mol. The minimum Gasteiger partial charge on any atom is -0.390 e. The number of sulfone groups is 1. The highest BCUT2D eigenvalue weighted by molar-refractivity contribution is 7.92. The summed E-state index contributed by atoms with van der Waals surface area (Å²) in [7, 11) is -3.82. The number of aliphatic hydroxyl groups is 2. The lowest BCUT2D eigenvalue weighted by atomic mass is 9.96. The lowest BCUT2D eigenvalue weighted by Gasteiger charge is -2.42. The zero-order valence-corrected chi connectivity index (χ0v) is 29.4. The number of amides is 1. The number of carbonyl (C=O) groups is 1. The average Bonchev–Trinajstić information content (AvgIpc) is 3.88. The van der Waals surface area contributed by atoms with Crippen molar-refractivity contribution in [1.82, 2.24) is 15.2 Å². The third-order valence-electron chi connectivity index (χ3n) is 9.50. The second kappa shape index (κ2) is 17.1.